The van der Waals surface area contributed by atoms with Crippen LogP contribution in [0.5, 0.6) is 0 Å². The van der Waals surface area contributed by atoms with E-state index in [0.717, 1.165) is 10.4 Å². The number of carbonyl (C=O) groups is 1. The number of carbonyl (C=O) groups excluding carboxylic acids is 1. The van der Waals surface area contributed by atoms with Crippen molar-refractivity contribution in [2.75, 3.05) is 13.6 Å². The van der Waals surface area contributed by atoms with E-state index in [1.807, 2.05) is 29.6 Å². The minimum atomic E-state index is -0.0259. The molecule has 3 nitrogen and oxygen atoms in total. The summed E-state index contributed by atoms with van der Waals surface area (Å²) < 4.78 is 0. The third-order valence-electron chi connectivity index (χ3n) is 2.84. The average Bonchev–Trinajstić information content (AvgIpc) is 2.95. The second-order valence-electron chi connectivity index (χ2n) is 4.49. The molecule has 0 atom stereocenters. The molecule has 0 bridgehead atoms. The van der Waals surface area contributed by atoms with Gasteiger partial charge in [-0.1, -0.05) is 35.6 Å². The van der Waals surface area contributed by atoms with Crippen molar-refractivity contribution < 1.29 is 4.79 Å². The topological polar surface area (TPSA) is 46.3 Å². The largest absolute Gasteiger partial charge is 0.337 e. The molecule has 2 rings (SSSR count). The summed E-state index contributed by atoms with van der Waals surface area (Å²) in [6.07, 6.45) is 0. The quantitative estimate of drug-likeness (QED) is 0.884. The van der Waals surface area contributed by atoms with Gasteiger partial charge in [-0.15, -0.1) is 11.3 Å². The molecule has 1 heterocycles. The Hall–Kier alpha value is -1.80. The summed E-state index contributed by atoms with van der Waals surface area (Å²) >= 11 is 7.30. The van der Waals surface area contributed by atoms with Crippen LogP contribution in [0.15, 0.2) is 35.7 Å². The summed E-state index contributed by atoms with van der Waals surface area (Å²) in [5.41, 5.74) is 7.02. The first-order valence-electron chi connectivity index (χ1n) is 6.37. The molecule has 2 N–H and O–H groups in total. The fourth-order valence-electron chi connectivity index (χ4n) is 1.81. The molecule has 1 aromatic heterocycles. The third-order valence-corrected chi connectivity index (χ3v) is 3.94. The van der Waals surface area contributed by atoms with Gasteiger partial charge in [0.2, 0.25) is 0 Å². The number of hydrogen-bond donors (Lipinski definition) is 1. The number of nitrogens with zero attached hydrogens (tertiary/aromatic N) is 1. The molecule has 0 spiro atoms. The maximum absolute atomic E-state index is 12.3. The van der Waals surface area contributed by atoms with Crippen LogP contribution in [-0.2, 0) is 6.54 Å². The van der Waals surface area contributed by atoms with Crippen LogP contribution in [0.3, 0.4) is 0 Å². The number of nitrogens with two attached hydrogens (primary N) is 1. The molecule has 0 aliphatic rings. The van der Waals surface area contributed by atoms with E-state index in [4.69, 9.17) is 17.3 Å². The van der Waals surface area contributed by atoms with Crippen molar-refractivity contribution in [2.45, 2.75) is 6.54 Å². The van der Waals surface area contributed by atoms with Crippen LogP contribution in [0.25, 0.3) is 0 Å². The predicted molar refractivity (Wildman–Crippen MR) is 87.5 cm³/mol. The first-order valence-corrected chi connectivity index (χ1v) is 7.63. The van der Waals surface area contributed by atoms with E-state index in [0.29, 0.717) is 23.7 Å². The molecular weight excluding hydrogens is 304 g/mol. The van der Waals surface area contributed by atoms with E-state index in [-0.39, 0.29) is 5.91 Å². The Morgan fingerprint density at radius 1 is 1.38 bits per heavy atom. The Balaban J connectivity index is 2.05. The van der Waals surface area contributed by atoms with Crippen molar-refractivity contribution >= 4 is 28.8 Å². The maximum atomic E-state index is 12.3. The molecule has 5 heteroatoms. The van der Waals surface area contributed by atoms with E-state index in [9.17, 15) is 4.79 Å². The average molecular weight is 319 g/mol. The molecule has 0 unspecified atom stereocenters. The highest BCUT2D eigenvalue weighted by Crippen LogP contribution is 2.17. The number of rotatable bonds is 3. The van der Waals surface area contributed by atoms with Crippen molar-refractivity contribution in [1.29, 1.82) is 0 Å². The molecule has 1 aromatic carbocycles. The van der Waals surface area contributed by atoms with Gasteiger partial charge in [0, 0.05) is 24.0 Å². The standard InChI is InChI=1S/C16H15ClN2OS/c1-19(10-12-4-6-14(17)7-5-12)16(20)13-9-15(21-11-13)3-2-8-18/h4-7,9,11H,8,10,18H2,1H3. The van der Waals surface area contributed by atoms with Crippen LogP contribution in [0, 0.1) is 11.8 Å². The first-order chi connectivity index (χ1) is 10.1. The van der Waals surface area contributed by atoms with Gasteiger partial charge >= 0.3 is 0 Å². The van der Waals surface area contributed by atoms with Gasteiger partial charge < -0.3 is 10.6 Å². The molecule has 0 radical (unpaired) electrons. The Kier molecular flexibility index (Phi) is 5.40. The summed E-state index contributed by atoms with van der Waals surface area (Å²) in [6.45, 7) is 0.854. The Bertz CT molecular complexity index is 682. The van der Waals surface area contributed by atoms with Crippen LogP contribution >= 0.6 is 22.9 Å². The maximum Gasteiger partial charge on any atom is 0.254 e. The lowest BCUT2D eigenvalue weighted by Gasteiger charge is -2.16. The van der Waals surface area contributed by atoms with Gasteiger partial charge in [-0.05, 0) is 23.8 Å². The first kappa shape index (κ1) is 15.6. The molecule has 0 saturated carbocycles. The molecule has 0 saturated heterocycles. The fraction of sp³-hybridized carbons (Fsp3) is 0.188. The normalized spacial score (nSPS) is 9.86. The molecule has 21 heavy (non-hydrogen) atoms. The number of halogens is 1. The van der Waals surface area contributed by atoms with Gasteiger partial charge in [0.1, 0.15) is 0 Å². The van der Waals surface area contributed by atoms with Crippen LogP contribution in [-0.4, -0.2) is 24.4 Å². The summed E-state index contributed by atoms with van der Waals surface area (Å²) in [7, 11) is 1.78. The zero-order valence-electron chi connectivity index (χ0n) is 11.6. The monoisotopic (exact) mass is 318 g/mol. The molecule has 108 valence electrons. The number of hydrogen-bond acceptors (Lipinski definition) is 3. The van der Waals surface area contributed by atoms with Gasteiger partial charge in [-0.3, -0.25) is 4.79 Å². The van der Waals surface area contributed by atoms with Crippen LogP contribution in [0.2, 0.25) is 5.02 Å². The molecular formula is C16H15ClN2OS. The number of benzene rings is 1. The summed E-state index contributed by atoms with van der Waals surface area (Å²) in [6, 6.07) is 9.27. The van der Waals surface area contributed by atoms with E-state index in [1.165, 1.54) is 11.3 Å². The fourth-order valence-corrected chi connectivity index (χ4v) is 2.68. The van der Waals surface area contributed by atoms with Gasteiger partial charge in [-0.25, -0.2) is 0 Å². The SMILES string of the molecule is CN(Cc1ccc(Cl)cc1)C(=O)c1csc(C#CCN)c1. The van der Waals surface area contributed by atoms with Crippen molar-refractivity contribution in [3.63, 3.8) is 0 Å². The number of amides is 1. The summed E-state index contributed by atoms with van der Waals surface area (Å²) in [5.74, 6) is 5.69. The van der Waals surface area contributed by atoms with Gasteiger partial charge in [0.05, 0.1) is 17.0 Å². The van der Waals surface area contributed by atoms with E-state index >= 15 is 0 Å². The lowest BCUT2D eigenvalue weighted by Crippen LogP contribution is -2.25. The van der Waals surface area contributed by atoms with Crippen molar-refractivity contribution in [1.82, 2.24) is 4.90 Å². The number of thiophene rings is 1. The Labute approximate surface area is 133 Å². The van der Waals surface area contributed by atoms with E-state index in [2.05, 4.69) is 11.8 Å². The van der Waals surface area contributed by atoms with Gasteiger partial charge in [-0.2, -0.15) is 0 Å². The highest BCUT2D eigenvalue weighted by molar-refractivity contribution is 7.10. The minimum Gasteiger partial charge on any atom is -0.337 e. The van der Waals surface area contributed by atoms with Gasteiger partial charge in [0.25, 0.3) is 5.91 Å². The Morgan fingerprint density at radius 2 is 2.10 bits per heavy atom. The molecule has 1 amide bonds. The summed E-state index contributed by atoms with van der Waals surface area (Å²) in [4.78, 5) is 14.9. The zero-order chi connectivity index (χ0) is 15.2. The molecule has 0 aliphatic carbocycles. The van der Waals surface area contributed by atoms with Crippen molar-refractivity contribution in [3.05, 3.63) is 56.7 Å². The predicted octanol–water partition coefficient (Wildman–Crippen LogP) is 2.98. The summed E-state index contributed by atoms with van der Waals surface area (Å²) in [5, 5.41) is 2.51. The molecule has 0 aliphatic heterocycles. The van der Waals surface area contributed by atoms with Crippen LogP contribution < -0.4 is 5.73 Å². The second kappa shape index (κ2) is 7.28. The highest BCUT2D eigenvalue weighted by atomic mass is 35.5. The van der Waals surface area contributed by atoms with Gasteiger partial charge in [0.15, 0.2) is 0 Å². The minimum absolute atomic E-state index is 0.0259. The lowest BCUT2D eigenvalue weighted by molar-refractivity contribution is 0.0785. The van der Waals surface area contributed by atoms with E-state index in [1.54, 1.807) is 18.0 Å². The molecule has 2 aromatic rings. The lowest BCUT2D eigenvalue weighted by atomic mass is 10.2. The molecule has 0 fully saturated rings. The van der Waals surface area contributed by atoms with Crippen LogP contribution in [0.1, 0.15) is 20.8 Å². The second-order valence-corrected chi connectivity index (χ2v) is 5.84. The highest BCUT2D eigenvalue weighted by Gasteiger charge is 2.13. The smallest absolute Gasteiger partial charge is 0.254 e. The zero-order valence-corrected chi connectivity index (χ0v) is 13.2. The third kappa shape index (κ3) is 4.33. The van der Waals surface area contributed by atoms with Crippen molar-refractivity contribution in [2.24, 2.45) is 5.73 Å². The van der Waals surface area contributed by atoms with Crippen molar-refractivity contribution in [3.8, 4) is 11.8 Å². The van der Waals surface area contributed by atoms with E-state index < -0.39 is 0 Å². The van der Waals surface area contributed by atoms with Crippen LogP contribution in [0.4, 0.5) is 0 Å². The Morgan fingerprint density at radius 3 is 2.76 bits per heavy atom.